The van der Waals surface area contributed by atoms with Crippen LogP contribution in [0, 0.1) is 13.8 Å². The third-order valence-electron chi connectivity index (χ3n) is 9.63. The predicted molar refractivity (Wildman–Crippen MR) is 227 cm³/mol. The summed E-state index contributed by atoms with van der Waals surface area (Å²) < 4.78 is 0. The number of halogens is 2. The van der Waals surface area contributed by atoms with Crippen molar-refractivity contribution < 1.29 is 20.8 Å². The summed E-state index contributed by atoms with van der Waals surface area (Å²) in [5.74, 6) is 0.675. The molecular formula is C47H54Cl2SiZr. The Morgan fingerprint density at radius 2 is 1.14 bits per heavy atom. The van der Waals surface area contributed by atoms with Gasteiger partial charge in [-0.3, -0.25) is 0 Å². The number of hydrogen-bond donors (Lipinski definition) is 0. The van der Waals surface area contributed by atoms with Crippen molar-refractivity contribution in [3.63, 3.8) is 0 Å². The molecule has 1 aliphatic carbocycles. The Balaban J connectivity index is 0.000000200. The monoisotopic (exact) mass is 806 g/mol. The summed E-state index contributed by atoms with van der Waals surface area (Å²) in [6, 6.07) is 38.7. The van der Waals surface area contributed by atoms with Gasteiger partial charge in [-0.15, -0.1) is 68.6 Å². The van der Waals surface area contributed by atoms with Gasteiger partial charge in [-0.05, 0) is 51.8 Å². The van der Waals surface area contributed by atoms with Crippen LogP contribution in [0.2, 0.25) is 13.1 Å². The molecule has 0 bridgehead atoms. The number of hydrogen-bond acceptors (Lipinski definition) is 0. The first kappa shape index (κ1) is 41.3. The molecule has 6 aromatic rings. The Hall–Kier alpha value is -2.48. The average Bonchev–Trinajstić information content (AvgIpc) is 3.85. The molecule has 0 nitrogen and oxygen atoms in total. The third-order valence-corrected chi connectivity index (χ3v) is 9.63. The molecule has 0 atom stereocenters. The molecule has 0 N–H and O–H groups in total. The van der Waals surface area contributed by atoms with Gasteiger partial charge < -0.3 is 0 Å². The quantitative estimate of drug-likeness (QED) is 0.0949. The minimum absolute atomic E-state index is 0.202. The minimum atomic E-state index is -0.826. The van der Waals surface area contributed by atoms with Crippen molar-refractivity contribution in [3.05, 3.63) is 143 Å². The van der Waals surface area contributed by atoms with E-state index in [2.05, 4.69) is 184 Å². The first-order chi connectivity index (χ1) is 24.2. The Labute approximate surface area is 329 Å². The maximum absolute atomic E-state index is 4.93. The van der Waals surface area contributed by atoms with Gasteiger partial charge in [0.15, 0.2) is 0 Å². The van der Waals surface area contributed by atoms with Gasteiger partial charge in [-0.2, -0.15) is 12.1 Å². The van der Waals surface area contributed by atoms with Crippen LogP contribution in [0.5, 0.6) is 0 Å². The molecule has 4 heteroatoms. The second kappa shape index (κ2) is 18.5. The van der Waals surface area contributed by atoms with E-state index in [1.165, 1.54) is 84.5 Å². The summed E-state index contributed by atoms with van der Waals surface area (Å²) >= 11 is -0.826. The van der Waals surface area contributed by atoms with E-state index in [0.29, 0.717) is 5.92 Å². The molecule has 0 saturated carbocycles. The third kappa shape index (κ3) is 10.8. The zero-order chi connectivity index (χ0) is 37.3. The summed E-state index contributed by atoms with van der Waals surface area (Å²) in [6.45, 7) is 22.2. The zero-order valence-corrected chi connectivity index (χ0v) is 37.2. The van der Waals surface area contributed by atoms with Crippen LogP contribution < -0.4 is 0 Å². The summed E-state index contributed by atoms with van der Waals surface area (Å²) in [5, 5.41) is 5.51. The maximum atomic E-state index is 4.93. The molecule has 0 heterocycles. The van der Waals surface area contributed by atoms with Crippen molar-refractivity contribution >= 4 is 48.1 Å². The Bertz CT molecular complexity index is 2000. The standard InChI is InChI=1S/C24H25.C21H23.C2H6Si.2ClH.Zr/c1-24(2,3)21-13-11-18(12-14-21)22-10-6-9-19-15-20(16-23(19)22)17-7-4-5-8-17;1-14-12-19-15(2)6-11-18(20(19)13-14)16-7-9-17(10-8-16)21(3,4)5;1-3-2;;;/h4-6,9-17H,7-8H2,1-3H3;6-13H,1-5H3;1-2H3;2*1H;/q2*-1;;;;+4/p-2. The van der Waals surface area contributed by atoms with Crippen LogP contribution in [0.4, 0.5) is 0 Å². The van der Waals surface area contributed by atoms with Crippen LogP contribution in [-0.2, 0) is 31.7 Å². The van der Waals surface area contributed by atoms with Gasteiger partial charge in [0.05, 0.1) is 0 Å². The van der Waals surface area contributed by atoms with Crippen molar-refractivity contribution in [2.24, 2.45) is 0 Å². The van der Waals surface area contributed by atoms with Crippen molar-refractivity contribution in [2.45, 2.75) is 98.1 Å². The second-order valence-electron chi connectivity index (χ2n) is 15.8. The number of rotatable bonds is 3. The Morgan fingerprint density at radius 1 is 0.647 bits per heavy atom. The van der Waals surface area contributed by atoms with E-state index in [4.69, 9.17) is 17.0 Å². The fourth-order valence-corrected chi connectivity index (χ4v) is 6.78. The van der Waals surface area contributed by atoms with Gasteiger partial charge in [-0.25, -0.2) is 0 Å². The molecule has 0 amide bonds. The van der Waals surface area contributed by atoms with Crippen molar-refractivity contribution in [3.8, 4) is 22.3 Å². The molecule has 0 saturated heterocycles. The van der Waals surface area contributed by atoms with Crippen molar-refractivity contribution in [2.75, 3.05) is 0 Å². The summed E-state index contributed by atoms with van der Waals surface area (Å²) in [7, 11) is 11.0. The summed E-state index contributed by atoms with van der Waals surface area (Å²) in [4.78, 5) is 0. The Morgan fingerprint density at radius 3 is 1.63 bits per heavy atom. The van der Waals surface area contributed by atoms with Crippen LogP contribution in [0.3, 0.4) is 0 Å². The molecule has 0 spiro atoms. The topological polar surface area (TPSA) is 0 Å². The van der Waals surface area contributed by atoms with E-state index in [9.17, 15) is 0 Å². The van der Waals surface area contributed by atoms with E-state index >= 15 is 0 Å². The Kier molecular flexibility index (Phi) is 15.0. The molecule has 6 aromatic carbocycles. The van der Waals surface area contributed by atoms with E-state index in [-0.39, 0.29) is 10.8 Å². The number of aryl methyl sites for hydroxylation is 2. The van der Waals surface area contributed by atoms with Crippen LogP contribution in [-0.4, -0.2) is 9.52 Å². The van der Waals surface area contributed by atoms with E-state index in [1.807, 2.05) is 0 Å². The molecule has 2 radical (unpaired) electrons. The SMILES string of the molecule is CC(C)(C)c1ccc(-c2cccc3[cH-]c(C4CC=CC4)cc23)cc1.C[Si]C.Cc1cc2c(-c3ccc(C(C)(C)C)cc3)ccc(C)c2[cH-]1.[Cl][Zr+2][Cl]. The molecular weight excluding hydrogens is 755 g/mol. The van der Waals surface area contributed by atoms with Gasteiger partial charge in [0, 0.05) is 9.52 Å². The number of benzene rings is 4. The van der Waals surface area contributed by atoms with Gasteiger partial charge in [-0.1, -0.05) is 152 Å². The van der Waals surface area contributed by atoms with E-state index < -0.39 is 20.8 Å². The fraction of sp³-hybridized carbons (Fsp3) is 0.319. The first-order valence-corrected chi connectivity index (χ1v) is 26.3. The zero-order valence-electron chi connectivity index (χ0n) is 32.2. The van der Waals surface area contributed by atoms with E-state index in [0.717, 1.165) is 9.52 Å². The predicted octanol–water partition coefficient (Wildman–Crippen LogP) is 15.3. The summed E-state index contributed by atoms with van der Waals surface area (Å²) in [6.07, 6.45) is 7.00. The van der Waals surface area contributed by atoms with Gasteiger partial charge in [0.25, 0.3) is 0 Å². The van der Waals surface area contributed by atoms with Crippen molar-refractivity contribution in [1.82, 2.24) is 0 Å². The van der Waals surface area contributed by atoms with Crippen molar-refractivity contribution in [1.29, 1.82) is 0 Å². The van der Waals surface area contributed by atoms with Crippen LogP contribution >= 0.6 is 17.0 Å². The summed E-state index contributed by atoms with van der Waals surface area (Å²) in [5.41, 5.74) is 12.7. The molecule has 0 fully saturated rings. The molecule has 264 valence electrons. The van der Waals surface area contributed by atoms with Gasteiger partial charge >= 0.3 is 37.9 Å². The normalized spacial score (nSPS) is 12.8. The van der Waals surface area contributed by atoms with E-state index in [1.54, 1.807) is 0 Å². The molecule has 0 aromatic heterocycles. The first-order valence-electron chi connectivity index (χ1n) is 18.0. The molecule has 0 unspecified atom stereocenters. The average molecular weight is 809 g/mol. The van der Waals surface area contributed by atoms with Crippen LogP contribution in [0.15, 0.2) is 115 Å². The molecule has 0 aliphatic heterocycles. The molecule has 51 heavy (non-hydrogen) atoms. The number of allylic oxidation sites excluding steroid dienone is 2. The van der Waals surface area contributed by atoms with Gasteiger partial charge in [0.2, 0.25) is 0 Å². The van der Waals surface area contributed by atoms with Crippen LogP contribution in [0.25, 0.3) is 43.8 Å². The molecule has 1 aliphatic rings. The second-order valence-corrected chi connectivity index (χ2v) is 20.5. The fourth-order valence-electron chi connectivity index (χ4n) is 6.78. The number of fused-ring (bicyclic) bond motifs is 2. The van der Waals surface area contributed by atoms with Gasteiger partial charge in [0.1, 0.15) is 0 Å². The molecule has 7 rings (SSSR count). The van der Waals surface area contributed by atoms with Crippen LogP contribution in [0.1, 0.15) is 88.1 Å².